The van der Waals surface area contributed by atoms with E-state index in [1.807, 2.05) is 0 Å². The highest BCUT2D eigenvalue weighted by Crippen LogP contribution is 2.29. The predicted octanol–water partition coefficient (Wildman–Crippen LogP) is 5.81. The number of unbranched alkanes of at least 4 members (excludes halogenated alkanes) is 3. The third kappa shape index (κ3) is 5.26. The maximum absolute atomic E-state index is 12.9. The van der Waals surface area contributed by atoms with Crippen LogP contribution in [0.3, 0.4) is 0 Å². The van der Waals surface area contributed by atoms with Gasteiger partial charge >= 0.3 is 11.9 Å². The number of rotatable bonds is 9. The van der Waals surface area contributed by atoms with Crippen molar-refractivity contribution in [1.82, 2.24) is 0 Å². The number of carbonyl (C=O) groups is 6. The number of hydrogen-bond acceptors (Lipinski definition) is 8. The SMILES string of the molecule is O=C(OCCCCCCOC(=O)c1ccc2c(c1)C(=O)c1ccccc1C2=O)c1ccc2c(c1)C(=O)c1ccccc1C2=O. The van der Waals surface area contributed by atoms with Crippen molar-refractivity contribution in [2.75, 3.05) is 13.2 Å². The normalized spacial score (nSPS) is 13.0. The Morgan fingerprint density at radius 2 is 0.727 bits per heavy atom. The Hall–Kier alpha value is -5.50. The molecule has 0 amide bonds. The molecule has 0 aliphatic heterocycles. The summed E-state index contributed by atoms with van der Waals surface area (Å²) in [5.41, 5.74) is 2.69. The lowest BCUT2D eigenvalue weighted by molar-refractivity contribution is 0.0473. The molecule has 2 aliphatic rings. The lowest BCUT2D eigenvalue weighted by Crippen LogP contribution is -2.21. The molecule has 0 heterocycles. The maximum Gasteiger partial charge on any atom is 0.338 e. The zero-order chi connectivity index (χ0) is 30.8. The first-order valence-corrected chi connectivity index (χ1v) is 14.3. The number of ketones is 4. The van der Waals surface area contributed by atoms with Gasteiger partial charge in [0.1, 0.15) is 0 Å². The third-order valence-electron chi connectivity index (χ3n) is 7.83. The maximum atomic E-state index is 12.9. The highest BCUT2D eigenvalue weighted by Gasteiger charge is 2.31. The van der Waals surface area contributed by atoms with Crippen molar-refractivity contribution in [2.24, 2.45) is 0 Å². The van der Waals surface area contributed by atoms with Crippen molar-refractivity contribution >= 4 is 35.1 Å². The summed E-state index contributed by atoms with van der Waals surface area (Å²) in [6.45, 7) is 0.354. The lowest BCUT2D eigenvalue weighted by Gasteiger charge is -2.17. The summed E-state index contributed by atoms with van der Waals surface area (Å²) in [5, 5.41) is 0. The van der Waals surface area contributed by atoms with Gasteiger partial charge in [-0.1, -0.05) is 48.5 Å². The van der Waals surface area contributed by atoms with Gasteiger partial charge in [-0.3, -0.25) is 19.2 Å². The summed E-state index contributed by atoms with van der Waals surface area (Å²) in [6.07, 6.45) is 2.65. The molecule has 6 rings (SSSR count). The van der Waals surface area contributed by atoms with Gasteiger partial charge in [-0.2, -0.15) is 0 Å². The molecule has 0 unspecified atom stereocenters. The smallest absolute Gasteiger partial charge is 0.338 e. The van der Waals surface area contributed by atoms with Gasteiger partial charge in [0.05, 0.1) is 24.3 Å². The summed E-state index contributed by atoms with van der Waals surface area (Å²) in [4.78, 5) is 76.5. The van der Waals surface area contributed by atoms with E-state index < -0.39 is 11.9 Å². The minimum absolute atomic E-state index is 0.177. The molecule has 0 N–H and O–H groups in total. The van der Waals surface area contributed by atoms with Crippen LogP contribution >= 0.6 is 0 Å². The average Bonchev–Trinajstić information content (AvgIpc) is 3.06. The first-order chi connectivity index (χ1) is 21.3. The van der Waals surface area contributed by atoms with Crippen LogP contribution in [0, 0.1) is 0 Å². The molecular formula is C36H26O8. The van der Waals surface area contributed by atoms with E-state index in [0.29, 0.717) is 35.1 Å². The van der Waals surface area contributed by atoms with E-state index in [-0.39, 0.29) is 69.7 Å². The summed E-state index contributed by atoms with van der Waals surface area (Å²) < 4.78 is 10.7. The van der Waals surface area contributed by atoms with E-state index in [1.165, 1.54) is 36.4 Å². The van der Waals surface area contributed by atoms with Crippen LogP contribution in [0.4, 0.5) is 0 Å². The number of carbonyl (C=O) groups excluding carboxylic acids is 6. The second-order valence-corrected chi connectivity index (χ2v) is 10.6. The number of esters is 2. The Morgan fingerprint density at radius 1 is 0.409 bits per heavy atom. The topological polar surface area (TPSA) is 121 Å². The molecule has 0 bridgehead atoms. The van der Waals surface area contributed by atoms with Crippen molar-refractivity contribution < 1.29 is 38.2 Å². The van der Waals surface area contributed by atoms with E-state index in [2.05, 4.69) is 0 Å². The summed E-state index contributed by atoms with van der Waals surface area (Å²) in [6, 6.07) is 22.0. The Bertz CT molecular complexity index is 1750. The van der Waals surface area contributed by atoms with Crippen LogP contribution in [0.25, 0.3) is 0 Å². The molecule has 0 saturated heterocycles. The number of hydrogen-bond donors (Lipinski definition) is 0. The van der Waals surface area contributed by atoms with E-state index in [1.54, 1.807) is 48.5 Å². The van der Waals surface area contributed by atoms with Crippen LogP contribution < -0.4 is 0 Å². The zero-order valence-corrected chi connectivity index (χ0v) is 23.6. The third-order valence-corrected chi connectivity index (χ3v) is 7.83. The molecule has 2 aliphatic carbocycles. The van der Waals surface area contributed by atoms with Crippen molar-refractivity contribution in [3.63, 3.8) is 0 Å². The number of ether oxygens (including phenoxy) is 2. The van der Waals surface area contributed by atoms with Crippen molar-refractivity contribution in [2.45, 2.75) is 25.7 Å². The van der Waals surface area contributed by atoms with Gasteiger partial charge in [-0.05, 0) is 62.1 Å². The highest BCUT2D eigenvalue weighted by atomic mass is 16.5. The molecular weight excluding hydrogens is 560 g/mol. The van der Waals surface area contributed by atoms with Gasteiger partial charge in [0, 0.05) is 44.5 Å². The van der Waals surface area contributed by atoms with E-state index in [9.17, 15) is 28.8 Å². The number of fused-ring (bicyclic) bond motifs is 4. The fraction of sp³-hybridized carbons (Fsp3) is 0.167. The second kappa shape index (κ2) is 12.0. The summed E-state index contributed by atoms with van der Waals surface area (Å²) in [5.74, 6) is -2.25. The summed E-state index contributed by atoms with van der Waals surface area (Å²) in [7, 11) is 0. The zero-order valence-electron chi connectivity index (χ0n) is 23.6. The fourth-order valence-corrected chi connectivity index (χ4v) is 5.51. The average molecular weight is 587 g/mol. The molecule has 4 aromatic rings. The van der Waals surface area contributed by atoms with Crippen LogP contribution in [0.15, 0.2) is 84.9 Å². The van der Waals surface area contributed by atoms with Crippen LogP contribution in [-0.2, 0) is 9.47 Å². The van der Waals surface area contributed by atoms with Crippen LogP contribution in [0.1, 0.15) is 110 Å². The molecule has 8 nitrogen and oxygen atoms in total. The van der Waals surface area contributed by atoms with Crippen molar-refractivity contribution in [3.05, 3.63) is 141 Å². The second-order valence-electron chi connectivity index (χ2n) is 10.6. The van der Waals surface area contributed by atoms with Gasteiger partial charge in [-0.25, -0.2) is 9.59 Å². The van der Waals surface area contributed by atoms with E-state index >= 15 is 0 Å². The summed E-state index contributed by atoms with van der Waals surface area (Å²) >= 11 is 0. The van der Waals surface area contributed by atoms with Crippen LogP contribution in [0.2, 0.25) is 0 Å². The molecule has 0 fully saturated rings. The van der Waals surface area contributed by atoms with Gasteiger partial charge in [-0.15, -0.1) is 0 Å². The number of benzene rings is 4. The van der Waals surface area contributed by atoms with E-state index in [0.717, 1.165) is 12.8 Å². The van der Waals surface area contributed by atoms with Gasteiger partial charge in [0.25, 0.3) is 0 Å². The predicted molar refractivity (Wildman–Crippen MR) is 159 cm³/mol. The van der Waals surface area contributed by atoms with Crippen molar-refractivity contribution in [1.29, 1.82) is 0 Å². The molecule has 4 aromatic carbocycles. The Kier molecular flexibility index (Phi) is 7.81. The first kappa shape index (κ1) is 28.6. The standard InChI is InChI=1S/C36H26O8/c37-31-23-9-3-5-11-25(23)33(39)29-19-21(13-15-27(29)31)35(41)43-17-7-1-2-8-18-44-36(42)22-14-16-28-30(20-22)34(40)26-12-6-4-10-24(26)32(28)38/h3-6,9-16,19-20H,1-2,7-8,17-18H2. The molecule has 0 aromatic heterocycles. The Labute approximate surface area is 252 Å². The molecule has 44 heavy (non-hydrogen) atoms. The van der Waals surface area contributed by atoms with Crippen molar-refractivity contribution in [3.8, 4) is 0 Å². The van der Waals surface area contributed by atoms with Crippen LogP contribution in [0.5, 0.6) is 0 Å². The van der Waals surface area contributed by atoms with E-state index in [4.69, 9.17) is 9.47 Å². The fourth-order valence-electron chi connectivity index (χ4n) is 5.51. The molecule has 0 spiro atoms. The largest absolute Gasteiger partial charge is 0.462 e. The molecule has 0 radical (unpaired) electrons. The molecule has 8 heteroatoms. The molecule has 0 saturated carbocycles. The van der Waals surface area contributed by atoms with Gasteiger partial charge in [0.15, 0.2) is 23.1 Å². The first-order valence-electron chi connectivity index (χ1n) is 14.3. The van der Waals surface area contributed by atoms with Gasteiger partial charge in [0.2, 0.25) is 0 Å². The van der Waals surface area contributed by atoms with Crippen LogP contribution in [-0.4, -0.2) is 48.3 Å². The van der Waals surface area contributed by atoms with Gasteiger partial charge < -0.3 is 9.47 Å². The lowest BCUT2D eigenvalue weighted by atomic mass is 9.83. The quantitative estimate of drug-likeness (QED) is 0.154. The molecule has 0 atom stereocenters. The highest BCUT2D eigenvalue weighted by molar-refractivity contribution is 6.29. The monoisotopic (exact) mass is 586 g/mol. The molecule has 218 valence electrons. The minimum atomic E-state index is -0.574. The minimum Gasteiger partial charge on any atom is -0.462 e. The Balaban J connectivity index is 0.934. The Morgan fingerprint density at radius 3 is 1.09 bits per heavy atom.